The van der Waals surface area contributed by atoms with E-state index < -0.39 is 0 Å². The topological polar surface area (TPSA) is 69.9 Å². The molecule has 1 amide bonds. The van der Waals surface area contributed by atoms with Gasteiger partial charge in [0.1, 0.15) is 12.3 Å². The molecule has 27 heavy (non-hydrogen) atoms. The molecule has 6 nitrogen and oxygen atoms in total. The molecule has 2 N–H and O–H groups in total. The second kappa shape index (κ2) is 11.9. The highest BCUT2D eigenvalue weighted by Crippen LogP contribution is 2.21. The fourth-order valence-corrected chi connectivity index (χ4v) is 2.61. The first-order chi connectivity index (χ1) is 12.5. The van der Waals surface area contributed by atoms with Gasteiger partial charge >= 0.3 is 0 Å². The number of rotatable bonds is 7. The van der Waals surface area contributed by atoms with Gasteiger partial charge in [-0.15, -0.1) is 24.0 Å². The first-order valence-electron chi connectivity index (χ1n) is 8.49. The second-order valence-corrected chi connectivity index (χ2v) is 6.50. The third-order valence-corrected chi connectivity index (χ3v) is 4.18. The van der Waals surface area contributed by atoms with Crippen LogP contribution in [-0.2, 0) is 11.2 Å². The lowest BCUT2D eigenvalue weighted by Gasteiger charge is -2.20. The highest BCUT2D eigenvalue weighted by molar-refractivity contribution is 14.0. The van der Waals surface area contributed by atoms with Gasteiger partial charge in [-0.05, 0) is 30.7 Å². The summed E-state index contributed by atoms with van der Waals surface area (Å²) in [5.74, 6) is 1.38. The fourth-order valence-electron chi connectivity index (χ4n) is 2.31. The van der Waals surface area contributed by atoms with E-state index in [2.05, 4.69) is 15.6 Å². The van der Waals surface area contributed by atoms with E-state index in [9.17, 15) is 4.79 Å². The van der Waals surface area contributed by atoms with Crippen molar-refractivity contribution in [3.63, 3.8) is 0 Å². The standard InChI is InChI=1S/C19H25ClN4O2.HI/c1-14(16-8-4-5-9-17(16)20)23-19(22-13-18(25)24(2)3)21-11-10-15-7-6-12-26-15;/h4-9,12,14H,10-11,13H2,1-3H3,(H2,21,22,23);1H. The van der Waals surface area contributed by atoms with Crippen LogP contribution >= 0.6 is 35.6 Å². The summed E-state index contributed by atoms with van der Waals surface area (Å²) in [7, 11) is 3.42. The van der Waals surface area contributed by atoms with E-state index in [-0.39, 0.29) is 42.5 Å². The van der Waals surface area contributed by atoms with Gasteiger partial charge in [-0.3, -0.25) is 4.79 Å². The van der Waals surface area contributed by atoms with Gasteiger partial charge in [0.05, 0.1) is 12.3 Å². The van der Waals surface area contributed by atoms with Crippen LogP contribution in [0.4, 0.5) is 0 Å². The summed E-state index contributed by atoms with van der Waals surface area (Å²) in [6, 6.07) is 11.4. The minimum Gasteiger partial charge on any atom is -0.469 e. The van der Waals surface area contributed by atoms with E-state index in [0.717, 1.165) is 17.7 Å². The highest BCUT2D eigenvalue weighted by atomic mass is 127. The number of nitrogens with one attached hydrogen (secondary N) is 2. The van der Waals surface area contributed by atoms with Crippen LogP contribution in [0.15, 0.2) is 52.1 Å². The number of halogens is 2. The van der Waals surface area contributed by atoms with Crippen molar-refractivity contribution in [3.05, 3.63) is 59.0 Å². The maximum atomic E-state index is 11.8. The molecule has 1 atom stereocenters. The molecule has 0 saturated carbocycles. The molecule has 0 spiro atoms. The quantitative estimate of drug-likeness (QED) is 0.344. The molecule has 8 heteroatoms. The van der Waals surface area contributed by atoms with Crippen molar-refractivity contribution >= 4 is 47.4 Å². The van der Waals surface area contributed by atoms with Crippen LogP contribution < -0.4 is 10.6 Å². The summed E-state index contributed by atoms with van der Waals surface area (Å²) in [5, 5.41) is 7.23. The molecule has 0 bridgehead atoms. The van der Waals surface area contributed by atoms with E-state index in [1.54, 1.807) is 20.4 Å². The van der Waals surface area contributed by atoms with Gasteiger partial charge in [0.2, 0.25) is 5.91 Å². The third-order valence-electron chi connectivity index (χ3n) is 3.84. The van der Waals surface area contributed by atoms with Crippen molar-refractivity contribution in [1.82, 2.24) is 15.5 Å². The first-order valence-corrected chi connectivity index (χ1v) is 8.87. The molecule has 1 aromatic carbocycles. The summed E-state index contributed by atoms with van der Waals surface area (Å²) in [4.78, 5) is 17.7. The first kappa shape index (κ1) is 23.3. The lowest BCUT2D eigenvalue weighted by molar-refractivity contribution is -0.127. The Balaban J connectivity index is 0.00000364. The molecule has 0 aliphatic rings. The average molecular weight is 505 g/mol. The van der Waals surface area contributed by atoms with Crippen molar-refractivity contribution in [2.45, 2.75) is 19.4 Å². The molecule has 148 valence electrons. The number of carbonyl (C=O) groups is 1. The maximum absolute atomic E-state index is 11.8. The van der Waals surface area contributed by atoms with Crippen molar-refractivity contribution in [2.24, 2.45) is 4.99 Å². The van der Waals surface area contributed by atoms with Gasteiger partial charge in [0, 0.05) is 32.1 Å². The van der Waals surface area contributed by atoms with E-state index in [1.807, 2.05) is 43.3 Å². The van der Waals surface area contributed by atoms with Crippen LogP contribution in [0.1, 0.15) is 24.3 Å². The summed E-state index contributed by atoms with van der Waals surface area (Å²) < 4.78 is 5.33. The van der Waals surface area contributed by atoms with E-state index >= 15 is 0 Å². The minimum atomic E-state index is -0.0671. The zero-order valence-corrected chi connectivity index (χ0v) is 18.8. The van der Waals surface area contributed by atoms with Crippen molar-refractivity contribution < 1.29 is 9.21 Å². The molecule has 0 fully saturated rings. The van der Waals surface area contributed by atoms with Gasteiger partial charge in [0.15, 0.2) is 5.96 Å². The SMILES string of the molecule is CC(NC(=NCC(=O)N(C)C)NCCc1ccco1)c1ccccc1Cl.I. The molecule has 1 aromatic heterocycles. The number of amides is 1. The summed E-state index contributed by atoms with van der Waals surface area (Å²) in [6.45, 7) is 2.70. The molecule has 0 radical (unpaired) electrons. The molecule has 0 aliphatic carbocycles. The van der Waals surface area contributed by atoms with Crippen LogP contribution in [0, 0.1) is 0 Å². The Bertz CT molecular complexity index is 735. The monoisotopic (exact) mass is 504 g/mol. The fraction of sp³-hybridized carbons (Fsp3) is 0.368. The number of guanidine groups is 1. The molecule has 0 aliphatic heterocycles. The lowest BCUT2D eigenvalue weighted by atomic mass is 10.1. The molecule has 0 saturated heterocycles. The number of nitrogens with zero attached hydrogens (tertiary/aromatic N) is 2. The molecule has 2 aromatic rings. The van der Waals surface area contributed by atoms with Gasteiger partial charge < -0.3 is 20.0 Å². The Morgan fingerprint density at radius 3 is 2.63 bits per heavy atom. The minimum absolute atomic E-state index is 0. The predicted octanol–water partition coefficient (Wildman–Crippen LogP) is 3.48. The zero-order valence-electron chi connectivity index (χ0n) is 15.7. The number of hydrogen-bond donors (Lipinski definition) is 2. The maximum Gasteiger partial charge on any atom is 0.243 e. The van der Waals surface area contributed by atoms with E-state index in [1.165, 1.54) is 4.90 Å². The summed E-state index contributed by atoms with van der Waals surface area (Å²) >= 11 is 6.27. The molecule has 2 rings (SSSR count). The summed E-state index contributed by atoms with van der Waals surface area (Å²) in [6.07, 6.45) is 2.37. The highest BCUT2D eigenvalue weighted by Gasteiger charge is 2.12. The summed E-state index contributed by atoms with van der Waals surface area (Å²) in [5.41, 5.74) is 0.966. The number of furan rings is 1. The Hall–Kier alpha value is -1.74. The third kappa shape index (κ3) is 7.80. The normalized spacial score (nSPS) is 12.1. The van der Waals surface area contributed by atoms with Gasteiger partial charge in [-0.1, -0.05) is 29.8 Å². The van der Waals surface area contributed by atoms with Crippen LogP contribution in [0.5, 0.6) is 0 Å². The second-order valence-electron chi connectivity index (χ2n) is 6.10. The lowest BCUT2D eigenvalue weighted by Crippen LogP contribution is -2.40. The molecule has 1 unspecified atom stereocenters. The van der Waals surface area contributed by atoms with Crippen molar-refractivity contribution in [3.8, 4) is 0 Å². The van der Waals surface area contributed by atoms with Crippen LogP contribution in [-0.4, -0.2) is 44.0 Å². The number of benzene rings is 1. The smallest absolute Gasteiger partial charge is 0.243 e. The van der Waals surface area contributed by atoms with Crippen LogP contribution in [0.25, 0.3) is 0 Å². The van der Waals surface area contributed by atoms with Crippen molar-refractivity contribution in [2.75, 3.05) is 27.2 Å². The Morgan fingerprint density at radius 2 is 2.00 bits per heavy atom. The Morgan fingerprint density at radius 1 is 1.26 bits per heavy atom. The average Bonchev–Trinajstić information content (AvgIpc) is 3.12. The molecular formula is C19H26ClIN4O2. The number of likely N-dealkylation sites (N-methyl/N-ethyl adjacent to an activating group) is 1. The van der Waals surface area contributed by atoms with Gasteiger partial charge in [-0.25, -0.2) is 4.99 Å². The number of carbonyl (C=O) groups excluding carboxylic acids is 1. The Labute approximate surface area is 182 Å². The van der Waals surface area contributed by atoms with Crippen LogP contribution in [0.2, 0.25) is 5.02 Å². The largest absolute Gasteiger partial charge is 0.469 e. The van der Waals surface area contributed by atoms with E-state index in [4.69, 9.17) is 16.0 Å². The molecule has 1 heterocycles. The van der Waals surface area contributed by atoms with Crippen LogP contribution in [0.3, 0.4) is 0 Å². The number of hydrogen-bond acceptors (Lipinski definition) is 3. The number of aliphatic imine (C=N–C) groups is 1. The van der Waals surface area contributed by atoms with Gasteiger partial charge in [-0.2, -0.15) is 0 Å². The van der Waals surface area contributed by atoms with Crippen molar-refractivity contribution in [1.29, 1.82) is 0 Å². The van der Waals surface area contributed by atoms with Gasteiger partial charge in [0.25, 0.3) is 0 Å². The predicted molar refractivity (Wildman–Crippen MR) is 120 cm³/mol. The Kier molecular flexibility index (Phi) is 10.2. The zero-order chi connectivity index (χ0) is 18.9. The molecular weight excluding hydrogens is 479 g/mol. The van der Waals surface area contributed by atoms with E-state index in [0.29, 0.717) is 17.5 Å².